The Morgan fingerprint density at radius 1 is 1.09 bits per heavy atom. The fraction of sp³-hybridized carbons (Fsp3) is 0.667. The van der Waals surface area contributed by atoms with E-state index in [1.165, 1.54) is 31.7 Å². The average Bonchev–Trinajstić information content (AvgIpc) is 2.51. The molecule has 1 rings (SSSR count). The van der Waals surface area contributed by atoms with Crippen molar-refractivity contribution in [3.63, 3.8) is 0 Å². The molecule has 22 heavy (non-hydrogen) atoms. The summed E-state index contributed by atoms with van der Waals surface area (Å²) >= 11 is 0. The van der Waals surface area contributed by atoms with Crippen LogP contribution in [-0.2, 0) is 4.74 Å². The molecule has 4 heteroatoms. The summed E-state index contributed by atoms with van der Waals surface area (Å²) < 4.78 is 11.0. The number of ether oxygens (including phenoxy) is 2. The van der Waals surface area contributed by atoms with Gasteiger partial charge in [0, 0.05) is 12.7 Å². The highest BCUT2D eigenvalue weighted by Crippen LogP contribution is 2.18. The number of aliphatic hydroxyl groups excluding tert-OH is 1. The first kappa shape index (κ1) is 18.8. The third-order valence-electron chi connectivity index (χ3n) is 3.72. The van der Waals surface area contributed by atoms with Crippen molar-refractivity contribution in [2.24, 2.45) is 5.92 Å². The molecule has 0 fully saturated rings. The van der Waals surface area contributed by atoms with Crippen LogP contribution in [0.3, 0.4) is 0 Å². The number of aliphatic hydroxyl groups is 1. The fourth-order valence-electron chi connectivity index (χ4n) is 2.27. The van der Waals surface area contributed by atoms with E-state index in [0.29, 0.717) is 18.3 Å². The Morgan fingerprint density at radius 3 is 2.59 bits per heavy atom. The van der Waals surface area contributed by atoms with E-state index in [2.05, 4.69) is 13.8 Å². The van der Waals surface area contributed by atoms with Crippen LogP contribution in [0.25, 0.3) is 0 Å². The van der Waals surface area contributed by atoms with Crippen molar-refractivity contribution >= 4 is 0 Å². The van der Waals surface area contributed by atoms with Gasteiger partial charge in [-0.15, -0.1) is 0 Å². The highest BCUT2D eigenvalue weighted by Gasteiger charge is 2.10. The van der Waals surface area contributed by atoms with Crippen LogP contribution in [0, 0.1) is 5.92 Å². The molecule has 0 aromatic heterocycles. The molecule has 0 saturated heterocycles. The predicted octanol–water partition coefficient (Wildman–Crippen LogP) is 3.76. The van der Waals surface area contributed by atoms with Gasteiger partial charge in [0.15, 0.2) is 0 Å². The van der Waals surface area contributed by atoms with Gasteiger partial charge in [0.1, 0.15) is 24.2 Å². The standard InChI is InChI=1S/C18H30O4/c1-3-5-6-8-15(4-2)12-21-13-17(20)14-22-18-10-7-9-16(19)11-18/h7,9-11,15,17,19-20H,3-6,8,12-14H2,1-2H3. The minimum absolute atomic E-state index is 0.154. The fourth-order valence-corrected chi connectivity index (χ4v) is 2.27. The highest BCUT2D eigenvalue weighted by atomic mass is 16.5. The topological polar surface area (TPSA) is 58.9 Å². The molecule has 1 aromatic rings. The highest BCUT2D eigenvalue weighted by molar-refractivity contribution is 5.31. The maximum absolute atomic E-state index is 9.87. The van der Waals surface area contributed by atoms with E-state index in [9.17, 15) is 10.2 Å². The molecular formula is C18H30O4. The molecule has 0 amide bonds. The summed E-state index contributed by atoms with van der Waals surface area (Å²) in [5, 5.41) is 19.2. The normalized spacial score (nSPS) is 13.8. The summed E-state index contributed by atoms with van der Waals surface area (Å²) in [4.78, 5) is 0. The van der Waals surface area contributed by atoms with Gasteiger partial charge >= 0.3 is 0 Å². The van der Waals surface area contributed by atoms with Gasteiger partial charge in [-0.05, 0) is 24.5 Å². The second-order valence-electron chi connectivity index (χ2n) is 5.77. The minimum Gasteiger partial charge on any atom is -0.508 e. The van der Waals surface area contributed by atoms with Crippen molar-refractivity contribution in [1.82, 2.24) is 0 Å². The lowest BCUT2D eigenvalue weighted by Crippen LogP contribution is -2.25. The Balaban J connectivity index is 2.15. The molecule has 0 spiro atoms. The maximum atomic E-state index is 9.87. The minimum atomic E-state index is -0.657. The zero-order chi connectivity index (χ0) is 16.2. The third kappa shape index (κ3) is 8.25. The quantitative estimate of drug-likeness (QED) is 0.577. The van der Waals surface area contributed by atoms with Crippen LogP contribution in [-0.4, -0.2) is 36.1 Å². The largest absolute Gasteiger partial charge is 0.508 e. The van der Waals surface area contributed by atoms with Crippen LogP contribution in [0.2, 0.25) is 0 Å². The van der Waals surface area contributed by atoms with E-state index in [1.54, 1.807) is 18.2 Å². The summed E-state index contributed by atoms with van der Waals surface area (Å²) in [6.45, 7) is 5.53. The van der Waals surface area contributed by atoms with Crippen LogP contribution in [0.4, 0.5) is 0 Å². The van der Waals surface area contributed by atoms with E-state index in [-0.39, 0.29) is 19.0 Å². The van der Waals surface area contributed by atoms with Crippen LogP contribution in [0.15, 0.2) is 24.3 Å². The van der Waals surface area contributed by atoms with Crippen molar-refractivity contribution in [2.45, 2.75) is 52.1 Å². The molecule has 1 aromatic carbocycles. The number of unbranched alkanes of at least 4 members (excludes halogenated alkanes) is 2. The Morgan fingerprint density at radius 2 is 1.91 bits per heavy atom. The predicted molar refractivity (Wildman–Crippen MR) is 88.4 cm³/mol. The van der Waals surface area contributed by atoms with Gasteiger partial charge in [-0.2, -0.15) is 0 Å². The van der Waals surface area contributed by atoms with Crippen LogP contribution in [0.5, 0.6) is 11.5 Å². The van der Waals surface area contributed by atoms with Crippen molar-refractivity contribution < 1.29 is 19.7 Å². The molecule has 0 heterocycles. The van der Waals surface area contributed by atoms with Gasteiger partial charge < -0.3 is 19.7 Å². The van der Waals surface area contributed by atoms with Crippen LogP contribution < -0.4 is 4.74 Å². The summed E-state index contributed by atoms with van der Waals surface area (Å²) in [5.74, 6) is 1.27. The second-order valence-corrected chi connectivity index (χ2v) is 5.77. The Kier molecular flexibility index (Phi) is 9.67. The maximum Gasteiger partial charge on any atom is 0.123 e. The summed E-state index contributed by atoms with van der Waals surface area (Å²) in [7, 11) is 0. The number of hydrogen-bond donors (Lipinski definition) is 2. The lowest BCUT2D eigenvalue weighted by molar-refractivity contribution is -0.00115. The van der Waals surface area contributed by atoms with Gasteiger partial charge in [-0.3, -0.25) is 0 Å². The van der Waals surface area contributed by atoms with E-state index < -0.39 is 6.10 Å². The van der Waals surface area contributed by atoms with Crippen molar-refractivity contribution in [1.29, 1.82) is 0 Å². The molecule has 2 unspecified atom stereocenters. The number of phenols is 1. The number of phenolic OH excluding ortho intramolecular Hbond substituents is 1. The monoisotopic (exact) mass is 310 g/mol. The molecule has 0 aliphatic rings. The molecule has 0 aliphatic carbocycles. The second kappa shape index (κ2) is 11.3. The first-order valence-corrected chi connectivity index (χ1v) is 8.33. The number of rotatable bonds is 12. The molecule has 0 radical (unpaired) electrons. The SMILES string of the molecule is CCCCCC(CC)COCC(O)COc1cccc(O)c1. The van der Waals surface area contributed by atoms with Crippen molar-refractivity contribution in [3.8, 4) is 11.5 Å². The van der Waals surface area contributed by atoms with E-state index in [0.717, 1.165) is 6.42 Å². The van der Waals surface area contributed by atoms with Crippen molar-refractivity contribution in [3.05, 3.63) is 24.3 Å². The lowest BCUT2D eigenvalue weighted by atomic mass is 10.00. The Labute approximate surface area is 134 Å². The zero-order valence-corrected chi connectivity index (χ0v) is 13.8. The molecule has 126 valence electrons. The summed E-state index contributed by atoms with van der Waals surface area (Å²) in [6, 6.07) is 6.55. The molecule has 4 nitrogen and oxygen atoms in total. The number of hydrogen-bond acceptors (Lipinski definition) is 4. The van der Waals surface area contributed by atoms with Gasteiger partial charge in [-0.1, -0.05) is 45.6 Å². The van der Waals surface area contributed by atoms with E-state index in [4.69, 9.17) is 9.47 Å². The van der Waals surface area contributed by atoms with Crippen LogP contribution >= 0.6 is 0 Å². The van der Waals surface area contributed by atoms with Crippen LogP contribution in [0.1, 0.15) is 46.0 Å². The average molecular weight is 310 g/mol. The molecule has 0 bridgehead atoms. The van der Waals surface area contributed by atoms with Gasteiger partial charge in [0.05, 0.1) is 6.61 Å². The molecule has 0 saturated carbocycles. The van der Waals surface area contributed by atoms with Gasteiger partial charge in [0.25, 0.3) is 0 Å². The lowest BCUT2D eigenvalue weighted by Gasteiger charge is -2.17. The number of aromatic hydroxyl groups is 1. The van der Waals surface area contributed by atoms with Gasteiger partial charge in [0.2, 0.25) is 0 Å². The van der Waals surface area contributed by atoms with Gasteiger partial charge in [-0.25, -0.2) is 0 Å². The summed E-state index contributed by atoms with van der Waals surface area (Å²) in [5.41, 5.74) is 0. The number of benzene rings is 1. The van der Waals surface area contributed by atoms with E-state index >= 15 is 0 Å². The Bertz CT molecular complexity index is 394. The first-order chi connectivity index (χ1) is 10.7. The zero-order valence-electron chi connectivity index (χ0n) is 13.8. The Hall–Kier alpha value is -1.26. The smallest absolute Gasteiger partial charge is 0.123 e. The molecule has 2 atom stereocenters. The molecule has 0 aliphatic heterocycles. The van der Waals surface area contributed by atoms with Crippen molar-refractivity contribution in [2.75, 3.05) is 19.8 Å². The third-order valence-corrected chi connectivity index (χ3v) is 3.72. The summed E-state index contributed by atoms with van der Waals surface area (Å²) in [6.07, 6.45) is 5.41. The molecule has 2 N–H and O–H groups in total. The first-order valence-electron chi connectivity index (χ1n) is 8.33. The van der Waals surface area contributed by atoms with E-state index in [1.807, 2.05) is 0 Å². The molecular weight excluding hydrogens is 280 g/mol.